The predicted octanol–water partition coefficient (Wildman–Crippen LogP) is 2.02. The van der Waals surface area contributed by atoms with Gasteiger partial charge in [-0.05, 0) is 19.4 Å². The predicted molar refractivity (Wildman–Crippen MR) is 70.0 cm³/mol. The van der Waals surface area contributed by atoms with Crippen LogP contribution < -0.4 is 10.6 Å². The van der Waals surface area contributed by atoms with E-state index in [-0.39, 0.29) is 18.3 Å². The summed E-state index contributed by atoms with van der Waals surface area (Å²) in [5, 5.41) is 6.23. The van der Waals surface area contributed by atoms with Crippen LogP contribution in [-0.2, 0) is 4.79 Å². The molecule has 1 rings (SSSR count). The molecule has 94 valence electrons. The molecule has 0 saturated carbocycles. The number of unbranched alkanes of at least 4 members (excludes halogenated alkanes) is 2. The fourth-order valence-electron chi connectivity index (χ4n) is 1.67. The summed E-state index contributed by atoms with van der Waals surface area (Å²) in [6.45, 7) is 4.88. The molecule has 3 nitrogen and oxygen atoms in total. The number of rotatable bonds is 6. The lowest BCUT2D eigenvalue weighted by molar-refractivity contribution is -0.121. The highest BCUT2D eigenvalue weighted by Crippen LogP contribution is 2.03. The summed E-state index contributed by atoms with van der Waals surface area (Å²) in [5.74, 6) is 0.197. The number of amides is 1. The molecular weight excluding hydrogens is 224 g/mol. The molecule has 0 fully saturated rings. The summed E-state index contributed by atoms with van der Waals surface area (Å²) < 4.78 is 0. The van der Waals surface area contributed by atoms with Crippen molar-refractivity contribution in [2.75, 3.05) is 19.6 Å². The van der Waals surface area contributed by atoms with Crippen LogP contribution in [0.5, 0.6) is 0 Å². The van der Waals surface area contributed by atoms with E-state index in [1.165, 1.54) is 12.0 Å². The summed E-state index contributed by atoms with van der Waals surface area (Å²) in [6, 6.07) is 0. The van der Waals surface area contributed by atoms with E-state index in [0.29, 0.717) is 6.42 Å². The van der Waals surface area contributed by atoms with Crippen molar-refractivity contribution in [2.45, 2.75) is 39.0 Å². The Hall–Kier alpha value is -0.540. The second-order valence-electron chi connectivity index (χ2n) is 4.05. The molecular formula is C12H23ClN2O. The summed E-state index contributed by atoms with van der Waals surface area (Å²) in [5.41, 5.74) is 1.36. The minimum atomic E-state index is 0. The highest BCUT2D eigenvalue weighted by atomic mass is 35.5. The van der Waals surface area contributed by atoms with Gasteiger partial charge in [0.05, 0.1) is 0 Å². The second-order valence-corrected chi connectivity index (χ2v) is 4.05. The van der Waals surface area contributed by atoms with Gasteiger partial charge >= 0.3 is 0 Å². The van der Waals surface area contributed by atoms with Gasteiger partial charge in [-0.1, -0.05) is 31.4 Å². The maximum absolute atomic E-state index is 11.4. The lowest BCUT2D eigenvalue weighted by Gasteiger charge is -2.14. The molecule has 0 spiro atoms. The van der Waals surface area contributed by atoms with E-state index in [2.05, 4.69) is 23.6 Å². The zero-order valence-corrected chi connectivity index (χ0v) is 10.9. The second kappa shape index (κ2) is 9.67. The van der Waals surface area contributed by atoms with Gasteiger partial charge < -0.3 is 10.6 Å². The number of hydrogen-bond donors (Lipinski definition) is 2. The molecule has 0 aromatic heterocycles. The molecule has 1 aliphatic rings. The third kappa shape index (κ3) is 6.85. The number of carbonyl (C=O) groups is 1. The van der Waals surface area contributed by atoms with Crippen molar-refractivity contribution >= 4 is 18.3 Å². The first-order valence-corrected chi connectivity index (χ1v) is 5.98. The summed E-state index contributed by atoms with van der Waals surface area (Å²) in [4.78, 5) is 11.4. The molecule has 0 radical (unpaired) electrons. The smallest absolute Gasteiger partial charge is 0.220 e. The maximum atomic E-state index is 11.4. The third-order valence-electron chi connectivity index (χ3n) is 2.68. The summed E-state index contributed by atoms with van der Waals surface area (Å²) in [6.07, 6.45) is 7.26. The van der Waals surface area contributed by atoms with Gasteiger partial charge in [-0.25, -0.2) is 0 Å². The van der Waals surface area contributed by atoms with Crippen LogP contribution in [-0.4, -0.2) is 25.5 Å². The molecule has 4 heteroatoms. The lowest BCUT2D eigenvalue weighted by Crippen LogP contribution is -2.29. The minimum Gasteiger partial charge on any atom is -0.352 e. The Kier molecular flexibility index (Phi) is 9.34. The average molecular weight is 247 g/mol. The zero-order chi connectivity index (χ0) is 10.9. The molecule has 0 aromatic rings. The van der Waals surface area contributed by atoms with Gasteiger partial charge in [0.1, 0.15) is 0 Å². The molecule has 0 aromatic carbocycles. The number of nitrogens with one attached hydrogen (secondary N) is 2. The van der Waals surface area contributed by atoms with Crippen molar-refractivity contribution < 1.29 is 4.79 Å². The fourth-order valence-corrected chi connectivity index (χ4v) is 1.67. The van der Waals surface area contributed by atoms with Gasteiger partial charge in [0.2, 0.25) is 5.91 Å². The Balaban J connectivity index is 0.00000225. The highest BCUT2D eigenvalue weighted by molar-refractivity contribution is 5.85. The molecule has 16 heavy (non-hydrogen) atoms. The van der Waals surface area contributed by atoms with Crippen molar-refractivity contribution in [1.29, 1.82) is 0 Å². The van der Waals surface area contributed by atoms with Crippen LogP contribution in [0.3, 0.4) is 0 Å². The first kappa shape index (κ1) is 15.5. The molecule has 0 bridgehead atoms. The Morgan fingerprint density at radius 2 is 2.31 bits per heavy atom. The van der Waals surface area contributed by atoms with Crippen LogP contribution in [0.1, 0.15) is 39.0 Å². The molecule has 1 amide bonds. The number of carbonyl (C=O) groups excluding carboxylic acids is 1. The SMILES string of the molecule is CCCCCC(=O)NCC1=CCNCC1.Cl. The van der Waals surface area contributed by atoms with Crippen molar-refractivity contribution in [1.82, 2.24) is 10.6 Å². The summed E-state index contributed by atoms with van der Waals surface area (Å²) >= 11 is 0. The van der Waals surface area contributed by atoms with Crippen LogP contribution in [0, 0.1) is 0 Å². The number of hydrogen-bond acceptors (Lipinski definition) is 2. The Bertz CT molecular complexity index is 229. The van der Waals surface area contributed by atoms with E-state index in [1.54, 1.807) is 0 Å². The fraction of sp³-hybridized carbons (Fsp3) is 0.750. The van der Waals surface area contributed by atoms with Gasteiger partial charge in [-0.15, -0.1) is 12.4 Å². The number of halogens is 1. The minimum absolute atomic E-state index is 0. The van der Waals surface area contributed by atoms with E-state index in [0.717, 1.165) is 38.9 Å². The van der Waals surface area contributed by atoms with E-state index in [9.17, 15) is 4.79 Å². The Morgan fingerprint density at radius 1 is 1.50 bits per heavy atom. The van der Waals surface area contributed by atoms with Crippen molar-refractivity contribution in [3.05, 3.63) is 11.6 Å². The van der Waals surface area contributed by atoms with Gasteiger partial charge in [-0.3, -0.25) is 4.79 Å². The van der Waals surface area contributed by atoms with Crippen molar-refractivity contribution in [3.63, 3.8) is 0 Å². The van der Waals surface area contributed by atoms with Crippen molar-refractivity contribution in [3.8, 4) is 0 Å². The molecule has 0 unspecified atom stereocenters. The van der Waals surface area contributed by atoms with Crippen LogP contribution in [0.25, 0.3) is 0 Å². The first-order valence-electron chi connectivity index (χ1n) is 5.98. The third-order valence-corrected chi connectivity index (χ3v) is 2.68. The maximum Gasteiger partial charge on any atom is 0.220 e. The Morgan fingerprint density at radius 3 is 2.94 bits per heavy atom. The normalized spacial score (nSPS) is 14.9. The van der Waals surface area contributed by atoms with E-state index in [4.69, 9.17) is 0 Å². The van der Waals surface area contributed by atoms with E-state index < -0.39 is 0 Å². The van der Waals surface area contributed by atoms with Gasteiger partial charge in [0.25, 0.3) is 0 Å². The van der Waals surface area contributed by atoms with Crippen LogP contribution >= 0.6 is 12.4 Å². The molecule has 1 heterocycles. The first-order chi connectivity index (χ1) is 7.33. The van der Waals surface area contributed by atoms with Crippen LogP contribution in [0.2, 0.25) is 0 Å². The molecule has 0 saturated heterocycles. The zero-order valence-electron chi connectivity index (χ0n) is 10.1. The topological polar surface area (TPSA) is 41.1 Å². The quantitative estimate of drug-likeness (QED) is 0.556. The van der Waals surface area contributed by atoms with Gasteiger partial charge in [0, 0.05) is 19.5 Å². The largest absolute Gasteiger partial charge is 0.352 e. The average Bonchev–Trinajstić information content (AvgIpc) is 2.28. The van der Waals surface area contributed by atoms with Gasteiger partial charge in [-0.2, -0.15) is 0 Å². The monoisotopic (exact) mass is 246 g/mol. The standard InChI is InChI=1S/C12H22N2O.ClH/c1-2-3-4-5-12(15)14-10-11-6-8-13-9-7-11;/h6,13H,2-5,7-10H2,1H3,(H,14,15);1H. The Labute approximate surface area is 104 Å². The highest BCUT2D eigenvalue weighted by Gasteiger charge is 2.05. The van der Waals surface area contributed by atoms with Crippen molar-refractivity contribution in [2.24, 2.45) is 0 Å². The van der Waals surface area contributed by atoms with Crippen LogP contribution in [0.4, 0.5) is 0 Å². The summed E-state index contributed by atoms with van der Waals surface area (Å²) in [7, 11) is 0. The van der Waals surface area contributed by atoms with Crippen LogP contribution in [0.15, 0.2) is 11.6 Å². The molecule has 0 atom stereocenters. The van der Waals surface area contributed by atoms with E-state index >= 15 is 0 Å². The molecule has 1 aliphatic heterocycles. The van der Waals surface area contributed by atoms with E-state index in [1.807, 2.05) is 0 Å². The lowest BCUT2D eigenvalue weighted by atomic mass is 10.1. The molecule has 2 N–H and O–H groups in total. The molecule has 0 aliphatic carbocycles. The van der Waals surface area contributed by atoms with Gasteiger partial charge in [0.15, 0.2) is 0 Å².